The highest BCUT2D eigenvalue weighted by molar-refractivity contribution is 6.84. The third kappa shape index (κ3) is 4.35. The second-order valence-corrected chi connectivity index (χ2v) is 12.8. The van der Waals surface area contributed by atoms with Crippen molar-refractivity contribution in [3.05, 3.63) is 0 Å². The van der Waals surface area contributed by atoms with Gasteiger partial charge < -0.3 is 26.6 Å². The van der Waals surface area contributed by atoms with Gasteiger partial charge in [0.05, 0.1) is 4.79 Å². The van der Waals surface area contributed by atoms with Crippen LogP contribution < -0.4 is 0 Å². The molecule has 0 rings (SSSR count). The molecule has 0 unspecified atom stereocenters. The molecule has 0 aromatic carbocycles. The lowest BCUT2D eigenvalue weighted by molar-refractivity contribution is 0.227. The first-order chi connectivity index (χ1) is 7.69. The van der Waals surface area contributed by atoms with E-state index >= 15 is 0 Å². The van der Waals surface area contributed by atoms with Crippen molar-refractivity contribution in [1.29, 1.82) is 0 Å². The van der Waals surface area contributed by atoms with E-state index < -0.39 is 27.9 Å². The molecule has 0 aromatic heterocycles. The lowest BCUT2D eigenvalue weighted by Crippen LogP contribution is -2.49. The van der Waals surface area contributed by atoms with Gasteiger partial charge >= 0.3 is 27.9 Å². The molecule has 0 saturated carbocycles. The largest absolute Gasteiger partial charge is 0.400 e. The molecule has 0 N–H and O–H groups in total. The molecule has 0 spiro atoms. The average Bonchev–Trinajstić information content (AvgIpc) is 2.33. The van der Waals surface area contributed by atoms with E-state index in [1.54, 1.807) is 42.7 Å². The third-order valence-electron chi connectivity index (χ3n) is 2.34. The Labute approximate surface area is 102 Å². The summed E-state index contributed by atoms with van der Waals surface area (Å²) in [5, 5.41) is 0. The van der Waals surface area contributed by atoms with Gasteiger partial charge in [-0.1, -0.05) is 0 Å². The van der Waals surface area contributed by atoms with Crippen molar-refractivity contribution in [2.75, 3.05) is 42.7 Å². The smallest absolute Gasteiger partial charge is 0.327 e. The summed E-state index contributed by atoms with van der Waals surface area (Å²) in [6.45, 7) is 0. The first-order valence-electron chi connectivity index (χ1n) is 4.86. The van der Waals surface area contributed by atoms with Gasteiger partial charge in [-0.05, 0) is 0 Å². The molecule has 6 nitrogen and oxygen atoms in total. The minimum atomic E-state index is -1.87. The average molecular weight is 287 g/mol. The van der Waals surface area contributed by atoms with Crippen LogP contribution in [0.15, 0.2) is 0 Å². The van der Waals surface area contributed by atoms with Crippen LogP contribution in [0.2, 0.25) is 4.79 Å². The molecule has 0 bridgehead atoms. The van der Waals surface area contributed by atoms with Crippen molar-refractivity contribution in [3.8, 4) is 0 Å². The second-order valence-electron chi connectivity index (χ2n) is 3.10. The molecule has 0 heterocycles. The molecule has 0 atom stereocenters. The Morgan fingerprint density at radius 2 is 0.688 bits per heavy atom. The Morgan fingerprint density at radius 1 is 0.500 bits per heavy atom. The Balaban J connectivity index is 4.84. The van der Waals surface area contributed by atoms with Gasteiger partial charge in [-0.15, -0.1) is 0 Å². The maximum absolute atomic E-state index is 5.40. The Hall–Kier alpha value is 0.411. The summed E-state index contributed by atoms with van der Waals surface area (Å²) in [6, 6.07) is 0. The standard InChI is InChI=1S/C7H22O6Si3/c1-8-14(9-2)7(15(10-3)11-4)16(12-5)13-6/h7,14-16H,1-6H3. The maximum atomic E-state index is 5.40. The molecule has 0 saturated heterocycles. The van der Waals surface area contributed by atoms with Crippen LogP contribution >= 0.6 is 0 Å². The van der Waals surface area contributed by atoms with Gasteiger partial charge in [0.25, 0.3) is 0 Å². The molecule has 0 aliphatic heterocycles. The summed E-state index contributed by atoms with van der Waals surface area (Å²) in [7, 11) is 4.23. The van der Waals surface area contributed by atoms with Crippen molar-refractivity contribution < 1.29 is 26.6 Å². The van der Waals surface area contributed by atoms with Gasteiger partial charge in [-0.25, -0.2) is 0 Å². The van der Waals surface area contributed by atoms with Crippen LogP contribution in [0.3, 0.4) is 0 Å². The highest BCUT2D eigenvalue weighted by atomic mass is 28.4. The normalized spacial score (nSPS) is 12.4. The van der Waals surface area contributed by atoms with Crippen LogP contribution in [0.5, 0.6) is 0 Å². The van der Waals surface area contributed by atoms with E-state index in [4.69, 9.17) is 26.6 Å². The van der Waals surface area contributed by atoms with Crippen molar-refractivity contribution in [1.82, 2.24) is 0 Å². The predicted molar refractivity (Wildman–Crippen MR) is 67.3 cm³/mol. The summed E-state index contributed by atoms with van der Waals surface area (Å²) in [5.41, 5.74) is 0. The fourth-order valence-electron chi connectivity index (χ4n) is 1.62. The van der Waals surface area contributed by atoms with Crippen LogP contribution in [0.1, 0.15) is 0 Å². The lowest BCUT2D eigenvalue weighted by atomic mass is 11.8. The minimum Gasteiger partial charge on any atom is -0.400 e. The summed E-state index contributed by atoms with van der Waals surface area (Å²) >= 11 is 0. The molecule has 0 aliphatic rings. The van der Waals surface area contributed by atoms with Gasteiger partial charge in [0, 0.05) is 42.7 Å². The van der Waals surface area contributed by atoms with E-state index in [1.165, 1.54) is 0 Å². The van der Waals surface area contributed by atoms with Crippen molar-refractivity contribution in [2.45, 2.75) is 4.79 Å². The second kappa shape index (κ2) is 9.44. The van der Waals surface area contributed by atoms with Crippen LogP contribution in [-0.2, 0) is 26.6 Å². The summed E-state index contributed by atoms with van der Waals surface area (Å²) < 4.78 is 32.4. The highest BCUT2D eigenvalue weighted by Crippen LogP contribution is 2.21. The molecule has 0 radical (unpaired) electrons. The number of hydrogen-bond acceptors (Lipinski definition) is 6. The number of hydrogen-bond donors (Lipinski definition) is 0. The summed E-state index contributed by atoms with van der Waals surface area (Å²) in [5.74, 6) is 0. The lowest BCUT2D eigenvalue weighted by Gasteiger charge is -2.30. The first kappa shape index (κ1) is 16.4. The zero-order valence-corrected chi connectivity index (χ0v) is 14.2. The maximum Gasteiger partial charge on any atom is 0.327 e. The SMILES string of the molecule is CO[SiH](OC)C([SiH](OC)OC)[SiH](OC)OC. The molecule has 9 heteroatoms. The van der Waals surface area contributed by atoms with Crippen LogP contribution in [-0.4, -0.2) is 70.5 Å². The Morgan fingerprint density at radius 3 is 0.812 bits per heavy atom. The molecule has 16 heavy (non-hydrogen) atoms. The molecule has 0 amide bonds. The monoisotopic (exact) mass is 286 g/mol. The van der Waals surface area contributed by atoms with Crippen LogP contribution in [0, 0.1) is 0 Å². The van der Waals surface area contributed by atoms with Gasteiger partial charge in [0.2, 0.25) is 0 Å². The Kier molecular flexibility index (Phi) is 9.68. The quantitative estimate of drug-likeness (QED) is 0.506. The summed E-state index contributed by atoms with van der Waals surface area (Å²) in [4.78, 5) is 0.0556. The van der Waals surface area contributed by atoms with Crippen molar-refractivity contribution in [3.63, 3.8) is 0 Å². The van der Waals surface area contributed by atoms with Gasteiger partial charge in [-0.3, -0.25) is 0 Å². The fourth-order valence-corrected chi connectivity index (χ4v) is 12.8. The van der Waals surface area contributed by atoms with E-state index in [1.807, 2.05) is 0 Å². The summed E-state index contributed by atoms with van der Waals surface area (Å²) in [6.07, 6.45) is 0. The minimum absolute atomic E-state index is 0.0556. The predicted octanol–water partition coefficient (Wildman–Crippen LogP) is -1.03. The van der Waals surface area contributed by atoms with Crippen molar-refractivity contribution >= 4 is 27.9 Å². The zero-order chi connectivity index (χ0) is 12.6. The van der Waals surface area contributed by atoms with E-state index in [-0.39, 0.29) is 4.79 Å². The van der Waals surface area contributed by atoms with Gasteiger partial charge in [-0.2, -0.15) is 0 Å². The van der Waals surface area contributed by atoms with Gasteiger partial charge in [0.1, 0.15) is 0 Å². The van der Waals surface area contributed by atoms with Crippen LogP contribution in [0.4, 0.5) is 0 Å². The van der Waals surface area contributed by atoms with Gasteiger partial charge in [0.15, 0.2) is 0 Å². The topological polar surface area (TPSA) is 55.4 Å². The van der Waals surface area contributed by atoms with E-state index in [0.29, 0.717) is 0 Å². The number of rotatable bonds is 9. The van der Waals surface area contributed by atoms with E-state index in [2.05, 4.69) is 0 Å². The highest BCUT2D eigenvalue weighted by Gasteiger charge is 2.44. The molecule has 98 valence electrons. The molecular weight excluding hydrogens is 264 g/mol. The third-order valence-corrected chi connectivity index (χ3v) is 12.7. The van der Waals surface area contributed by atoms with Crippen molar-refractivity contribution in [2.24, 2.45) is 0 Å². The van der Waals surface area contributed by atoms with E-state index in [9.17, 15) is 0 Å². The zero-order valence-electron chi connectivity index (χ0n) is 10.8. The first-order valence-corrected chi connectivity index (χ1v) is 9.69. The fraction of sp³-hybridized carbons (Fsp3) is 1.00. The Bertz CT molecular complexity index is 134. The molecule has 0 aliphatic carbocycles. The van der Waals surface area contributed by atoms with E-state index in [0.717, 1.165) is 0 Å². The molecule has 0 fully saturated rings. The van der Waals surface area contributed by atoms with Crippen LogP contribution in [0.25, 0.3) is 0 Å². The molecule has 0 aromatic rings. The molecular formula is C7H22O6Si3.